The highest BCUT2D eigenvalue weighted by Crippen LogP contribution is 2.29. The van der Waals surface area contributed by atoms with Gasteiger partial charge in [-0.2, -0.15) is 0 Å². The monoisotopic (exact) mass is 454 g/mol. The Kier molecular flexibility index (Phi) is 7.47. The van der Waals surface area contributed by atoms with E-state index in [1.165, 1.54) is 25.8 Å². The van der Waals surface area contributed by atoms with Gasteiger partial charge in [0.15, 0.2) is 11.4 Å². The van der Waals surface area contributed by atoms with E-state index >= 15 is 0 Å². The quantitative estimate of drug-likeness (QED) is 0.686. The highest BCUT2D eigenvalue weighted by atomic mass is 16.5. The van der Waals surface area contributed by atoms with Gasteiger partial charge in [-0.05, 0) is 75.5 Å². The molecule has 1 N–H and O–H groups in total. The number of piperazine rings is 1. The molecule has 3 aliphatic rings. The summed E-state index contributed by atoms with van der Waals surface area (Å²) in [4.78, 5) is 21.9. The molecule has 7 nitrogen and oxygen atoms in total. The maximum absolute atomic E-state index is 12.4. The van der Waals surface area contributed by atoms with E-state index in [9.17, 15) is 4.79 Å². The van der Waals surface area contributed by atoms with Gasteiger partial charge in [-0.15, -0.1) is 0 Å². The summed E-state index contributed by atoms with van der Waals surface area (Å²) in [6.07, 6.45) is 12.4. The predicted octanol–water partition coefficient (Wildman–Crippen LogP) is 3.83. The Morgan fingerprint density at radius 1 is 1.00 bits per heavy atom. The van der Waals surface area contributed by atoms with Crippen molar-refractivity contribution in [2.45, 2.75) is 57.4 Å². The minimum absolute atomic E-state index is 0.253. The van der Waals surface area contributed by atoms with Gasteiger partial charge in [0.05, 0.1) is 6.26 Å². The van der Waals surface area contributed by atoms with Crippen LogP contribution < -0.4 is 10.2 Å². The number of carbonyl (C=O) groups is 1. The van der Waals surface area contributed by atoms with Crippen LogP contribution in [0.15, 0.2) is 29.0 Å². The molecule has 7 heteroatoms. The number of aromatic nitrogens is 1. The number of rotatable bonds is 7. The van der Waals surface area contributed by atoms with Crippen LogP contribution in [-0.2, 0) is 9.53 Å². The SMILES string of the molecule is O=C(CC1CCOCC1)N[C@H]1CC[C@H](CCN2CCN(c3nccc4ccoc34)CC2)CC1. The molecule has 3 fully saturated rings. The maximum atomic E-state index is 12.4. The molecule has 0 atom stereocenters. The topological polar surface area (TPSA) is 70.8 Å². The molecule has 2 aromatic rings. The van der Waals surface area contributed by atoms with E-state index in [4.69, 9.17) is 9.15 Å². The van der Waals surface area contributed by atoms with E-state index in [-0.39, 0.29) is 5.91 Å². The van der Waals surface area contributed by atoms with Crippen molar-refractivity contribution in [3.63, 3.8) is 0 Å². The number of nitrogens with zero attached hydrogens (tertiary/aromatic N) is 3. The lowest BCUT2D eigenvalue weighted by Gasteiger charge is -2.36. The third-order valence-corrected chi connectivity index (χ3v) is 7.90. The van der Waals surface area contributed by atoms with Crippen molar-refractivity contribution in [3.05, 3.63) is 24.6 Å². The number of carbonyl (C=O) groups excluding carboxylic acids is 1. The van der Waals surface area contributed by atoms with E-state index < -0.39 is 0 Å². The van der Waals surface area contributed by atoms with Crippen LogP contribution in [0.25, 0.3) is 11.0 Å². The van der Waals surface area contributed by atoms with E-state index in [2.05, 4.69) is 20.1 Å². The number of pyridine rings is 1. The van der Waals surface area contributed by atoms with E-state index in [1.54, 1.807) is 6.26 Å². The molecule has 2 saturated heterocycles. The Morgan fingerprint density at radius 2 is 1.79 bits per heavy atom. The summed E-state index contributed by atoms with van der Waals surface area (Å²) in [6.45, 7) is 6.96. The zero-order valence-corrected chi connectivity index (χ0v) is 19.7. The molecule has 0 aromatic carbocycles. The van der Waals surface area contributed by atoms with Crippen LogP contribution in [0.3, 0.4) is 0 Å². The van der Waals surface area contributed by atoms with Gasteiger partial charge in [0.25, 0.3) is 0 Å². The van der Waals surface area contributed by atoms with Gasteiger partial charge < -0.3 is 19.4 Å². The van der Waals surface area contributed by atoms with Crippen LogP contribution in [0.5, 0.6) is 0 Å². The van der Waals surface area contributed by atoms with Crippen LogP contribution in [0.1, 0.15) is 51.4 Å². The third kappa shape index (κ3) is 5.87. The molecule has 0 radical (unpaired) electrons. The second-order valence-electron chi connectivity index (χ2n) is 10.1. The number of anilines is 1. The third-order valence-electron chi connectivity index (χ3n) is 7.90. The number of amides is 1. The summed E-state index contributed by atoms with van der Waals surface area (Å²) in [7, 11) is 0. The summed E-state index contributed by atoms with van der Waals surface area (Å²) < 4.78 is 11.1. The van der Waals surface area contributed by atoms with Crippen LogP contribution in [-0.4, -0.2) is 67.8 Å². The number of fused-ring (bicyclic) bond motifs is 1. The highest BCUT2D eigenvalue weighted by Gasteiger charge is 2.26. The van der Waals surface area contributed by atoms with Gasteiger partial charge in [0.2, 0.25) is 5.91 Å². The van der Waals surface area contributed by atoms with Crippen molar-refractivity contribution >= 4 is 22.7 Å². The maximum Gasteiger partial charge on any atom is 0.220 e. The van der Waals surface area contributed by atoms with Gasteiger partial charge in [0.1, 0.15) is 0 Å². The number of furan rings is 1. The molecule has 0 spiro atoms. The number of ether oxygens (including phenoxy) is 1. The minimum Gasteiger partial charge on any atom is -0.460 e. The lowest BCUT2D eigenvalue weighted by molar-refractivity contribution is -0.123. The fraction of sp³-hybridized carbons (Fsp3) is 0.692. The first-order valence-corrected chi connectivity index (χ1v) is 12.9. The van der Waals surface area contributed by atoms with E-state index in [0.717, 1.165) is 87.8 Å². The summed E-state index contributed by atoms with van der Waals surface area (Å²) in [5, 5.41) is 4.44. The average Bonchev–Trinajstić information content (AvgIpc) is 3.34. The second kappa shape index (κ2) is 10.9. The zero-order chi connectivity index (χ0) is 22.5. The molecule has 4 heterocycles. The van der Waals surface area contributed by atoms with Crippen LogP contribution in [0.4, 0.5) is 5.82 Å². The van der Waals surface area contributed by atoms with Crippen LogP contribution in [0.2, 0.25) is 0 Å². The first kappa shape index (κ1) is 22.7. The highest BCUT2D eigenvalue weighted by molar-refractivity contribution is 5.87. The summed E-state index contributed by atoms with van der Waals surface area (Å²) >= 11 is 0. The van der Waals surface area contributed by atoms with Crippen LogP contribution >= 0.6 is 0 Å². The molecule has 0 unspecified atom stereocenters. The Labute approximate surface area is 196 Å². The number of hydrogen-bond acceptors (Lipinski definition) is 6. The lowest BCUT2D eigenvalue weighted by Crippen LogP contribution is -2.47. The second-order valence-corrected chi connectivity index (χ2v) is 10.1. The zero-order valence-electron chi connectivity index (χ0n) is 19.7. The van der Waals surface area contributed by atoms with Gasteiger partial charge in [-0.1, -0.05) is 0 Å². The summed E-state index contributed by atoms with van der Waals surface area (Å²) in [6, 6.07) is 4.39. The molecular formula is C26H38N4O3. The molecule has 1 saturated carbocycles. The van der Waals surface area contributed by atoms with Crippen molar-refractivity contribution in [2.75, 3.05) is 50.8 Å². The van der Waals surface area contributed by atoms with Gasteiger partial charge in [-0.3, -0.25) is 9.69 Å². The number of hydrogen-bond donors (Lipinski definition) is 1. The van der Waals surface area contributed by atoms with Gasteiger partial charge in [-0.25, -0.2) is 4.98 Å². The molecular weight excluding hydrogens is 416 g/mol. The average molecular weight is 455 g/mol. The molecule has 2 aromatic heterocycles. The van der Waals surface area contributed by atoms with Crippen molar-refractivity contribution < 1.29 is 13.9 Å². The summed E-state index contributed by atoms with van der Waals surface area (Å²) in [5.41, 5.74) is 0.905. The Hall–Kier alpha value is -2.12. The predicted molar refractivity (Wildman–Crippen MR) is 129 cm³/mol. The normalized spacial score (nSPS) is 25.4. The Bertz CT molecular complexity index is 894. The fourth-order valence-electron chi connectivity index (χ4n) is 5.75. The molecule has 1 amide bonds. The lowest BCUT2D eigenvalue weighted by atomic mass is 9.83. The Morgan fingerprint density at radius 3 is 2.58 bits per heavy atom. The smallest absolute Gasteiger partial charge is 0.220 e. The van der Waals surface area contributed by atoms with E-state index in [0.29, 0.717) is 18.4 Å². The van der Waals surface area contributed by atoms with Crippen molar-refractivity contribution in [1.29, 1.82) is 0 Å². The van der Waals surface area contributed by atoms with Gasteiger partial charge >= 0.3 is 0 Å². The molecule has 1 aliphatic carbocycles. The summed E-state index contributed by atoms with van der Waals surface area (Å²) in [5.74, 6) is 2.54. The van der Waals surface area contributed by atoms with Crippen molar-refractivity contribution in [2.24, 2.45) is 11.8 Å². The largest absolute Gasteiger partial charge is 0.460 e. The first-order valence-electron chi connectivity index (χ1n) is 12.9. The van der Waals surface area contributed by atoms with Crippen LogP contribution in [0, 0.1) is 11.8 Å². The molecule has 180 valence electrons. The first-order chi connectivity index (χ1) is 16.2. The van der Waals surface area contributed by atoms with Crippen molar-refractivity contribution in [1.82, 2.24) is 15.2 Å². The standard InChI is InChI=1S/C26H38N4O3/c31-24(19-21-7-16-32-17-8-21)28-23-3-1-20(2-4-23)6-11-29-12-14-30(15-13-29)26-25-22(5-10-27-26)9-18-33-25/h5,9-10,18,20-21,23H,1-4,6-8,11-17,19H2,(H,28,31)/t20-,23-. The molecule has 0 bridgehead atoms. The minimum atomic E-state index is 0.253. The van der Waals surface area contributed by atoms with Gasteiger partial charge in [0, 0.05) is 63.4 Å². The molecule has 5 rings (SSSR count). The fourth-order valence-corrected chi connectivity index (χ4v) is 5.75. The van der Waals surface area contributed by atoms with E-state index in [1.807, 2.05) is 18.3 Å². The number of nitrogens with one attached hydrogen (secondary N) is 1. The molecule has 33 heavy (non-hydrogen) atoms. The van der Waals surface area contributed by atoms with Crippen molar-refractivity contribution in [3.8, 4) is 0 Å². The Balaban J connectivity index is 0.989. The molecule has 2 aliphatic heterocycles.